The van der Waals surface area contributed by atoms with Gasteiger partial charge in [-0.3, -0.25) is 4.79 Å². The van der Waals surface area contributed by atoms with Crippen molar-refractivity contribution in [3.8, 4) is 0 Å². The second-order valence-corrected chi connectivity index (χ2v) is 5.33. The molecule has 0 saturated carbocycles. The molecular formula is C18H17FN4O. The molecule has 2 aromatic carbocycles. The summed E-state index contributed by atoms with van der Waals surface area (Å²) >= 11 is 0. The zero-order valence-corrected chi connectivity index (χ0v) is 13.5. The van der Waals surface area contributed by atoms with E-state index in [0.29, 0.717) is 11.1 Å². The molecular weight excluding hydrogens is 307 g/mol. The SMILES string of the molecule is CCn1c(C)nc2cc(C(=O)N/N=C\c3ccccc3F)ccc21. The van der Waals surface area contributed by atoms with Gasteiger partial charge in [-0.15, -0.1) is 0 Å². The summed E-state index contributed by atoms with van der Waals surface area (Å²) < 4.78 is 15.5. The van der Waals surface area contributed by atoms with Gasteiger partial charge in [-0.25, -0.2) is 14.8 Å². The summed E-state index contributed by atoms with van der Waals surface area (Å²) in [6, 6.07) is 11.5. The summed E-state index contributed by atoms with van der Waals surface area (Å²) in [4.78, 5) is 16.6. The van der Waals surface area contributed by atoms with Gasteiger partial charge in [-0.2, -0.15) is 5.10 Å². The van der Waals surface area contributed by atoms with Crippen molar-refractivity contribution in [3.05, 3.63) is 65.2 Å². The van der Waals surface area contributed by atoms with Crippen molar-refractivity contribution in [2.45, 2.75) is 20.4 Å². The number of carbonyl (C=O) groups is 1. The average Bonchev–Trinajstić information content (AvgIpc) is 2.90. The molecule has 0 fully saturated rings. The first-order chi connectivity index (χ1) is 11.6. The Labute approximate surface area is 138 Å². The Morgan fingerprint density at radius 2 is 2.12 bits per heavy atom. The topological polar surface area (TPSA) is 59.3 Å². The van der Waals surface area contributed by atoms with Crippen LogP contribution in [-0.2, 0) is 6.54 Å². The van der Waals surface area contributed by atoms with Crippen LogP contribution in [-0.4, -0.2) is 21.7 Å². The molecule has 0 aliphatic heterocycles. The third-order valence-corrected chi connectivity index (χ3v) is 3.79. The highest BCUT2D eigenvalue weighted by Crippen LogP contribution is 2.17. The number of hydrogen-bond acceptors (Lipinski definition) is 3. The molecule has 1 amide bonds. The Morgan fingerprint density at radius 1 is 1.33 bits per heavy atom. The summed E-state index contributed by atoms with van der Waals surface area (Å²) in [5.41, 5.74) is 4.92. The molecule has 0 saturated heterocycles. The number of nitrogens with zero attached hydrogens (tertiary/aromatic N) is 3. The molecule has 0 aliphatic carbocycles. The number of hydrazone groups is 1. The van der Waals surface area contributed by atoms with Crippen LogP contribution < -0.4 is 5.43 Å². The van der Waals surface area contributed by atoms with Crippen molar-refractivity contribution in [1.29, 1.82) is 0 Å². The van der Waals surface area contributed by atoms with E-state index in [1.165, 1.54) is 12.3 Å². The molecule has 6 heteroatoms. The molecule has 0 aliphatic rings. The van der Waals surface area contributed by atoms with E-state index < -0.39 is 5.82 Å². The van der Waals surface area contributed by atoms with Crippen molar-refractivity contribution in [3.63, 3.8) is 0 Å². The lowest BCUT2D eigenvalue weighted by Crippen LogP contribution is -2.17. The fraction of sp³-hybridized carbons (Fsp3) is 0.167. The number of benzene rings is 2. The first-order valence-electron chi connectivity index (χ1n) is 7.65. The lowest BCUT2D eigenvalue weighted by molar-refractivity contribution is 0.0955. The minimum atomic E-state index is -0.391. The smallest absolute Gasteiger partial charge is 0.271 e. The number of halogens is 1. The minimum absolute atomic E-state index is 0.311. The fourth-order valence-corrected chi connectivity index (χ4v) is 2.60. The van der Waals surface area contributed by atoms with Crippen molar-refractivity contribution < 1.29 is 9.18 Å². The van der Waals surface area contributed by atoms with E-state index in [0.717, 1.165) is 23.4 Å². The summed E-state index contributed by atoms with van der Waals surface area (Å²) in [6.45, 7) is 4.80. The van der Waals surface area contributed by atoms with Gasteiger partial charge in [0.05, 0.1) is 17.2 Å². The number of fused-ring (bicyclic) bond motifs is 1. The molecule has 1 aromatic heterocycles. The lowest BCUT2D eigenvalue weighted by atomic mass is 10.2. The third kappa shape index (κ3) is 3.03. The van der Waals surface area contributed by atoms with Crippen molar-refractivity contribution in [2.24, 2.45) is 5.10 Å². The lowest BCUT2D eigenvalue weighted by Gasteiger charge is -2.03. The predicted octanol–water partition coefficient (Wildman–Crippen LogP) is 3.27. The average molecular weight is 324 g/mol. The molecule has 0 bridgehead atoms. The van der Waals surface area contributed by atoms with E-state index in [1.807, 2.05) is 19.9 Å². The number of aryl methyl sites for hydroxylation is 2. The number of aromatic nitrogens is 2. The number of nitrogens with one attached hydrogen (secondary N) is 1. The maximum atomic E-state index is 13.5. The minimum Gasteiger partial charge on any atom is -0.329 e. The van der Waals surface area contributed by atoms with Gasteiger partial charge in [0, 0.05) is 17.7 Å². The van der Waals surface area contributed by atoms with E-state index in [2.05, 4.69) is 20.1 Å². The molecule has 3 rings (SSSR count). The number of carbonyl (C=O) groups excluding carboxylic acids is 1. The Morgan fingerprint density at radius 3 is 2.88 bits per heavy atom. The highest BCUT2D eigenvalue weighted by Gasteiger charge is 2.10. The monoisotopic (exact) mass is 324 g/mol. The van der Waals surface area contributed by atoms with Crippen LogP contribution in [0.4, 0.5) is 4.39 Å². The van der Waals surface area contributed by atoms with Gasteiger partial charge in [0.15, 0.2) is 0 Å². The van der Waals surface area contributed by atoms with Crippen LogP contribution in [0.15, 0.2) is 47.6 Å². The molecule has 1 N–H and O–H groups in total. The fourth-order valence-electron chi connectivity index (χ4n) is 2.60. The van der Waals surface area contributed by atoms with Crippen LogP contribution in [0, 0.1) is 12.7 Å². The van der Waals surface area contributed by atoms with E-state index in [1.54, 1.807) is 30.3 Å². The molecule has 0 radical (unpaired) electrons. The van der Waals surface area contributed by atoms with Gasteiger partial charge in [0.2, 0.25) is 0 Å². The zero-order chi connectivity index (χ0) is 17.1. The van der Waals surface area contributed by atoms with Crippen LogP contribution >= 0.6 is 0 Å². The van der Waals surface area contributed by atoms with Crippen LogP contribution in [0.5, 0.6) is 0 Å². The van der Waals surface area contributed by atoms with Crippen LogP contribution in [0.3, 0.4) is 0 Å². The molecule has 0 spiro atoms. The summed E-state index contributed by atoms with van der Waals surface area (Å²) in [5, 5.41) is 3.81. The van der Waals surface area contributed by atoms with E-state index in [-0.39, 0.29) is 5.91 Å². The molecule has 24 heavy (non-hydrogen) atoms. The first-order valence-corrected chi connectivity index (χ1v) is 7.65. The highest BCUT2D eigenvalue weighted by molar-refractivity contribution is 5.97. The quantitative estimate of drug-likeness (QED) is 0.591. The van der Waals surface area contributed by atoms with E-state index >= 15 is 0 Å². The molecule has 122 valence electrons. The van der Waals surface area contributed by atoms with Crippen molar-refractivity contribution >= 4 is 23.2 Å². The van der Waals surface area contributed by atoms with Crippen molar-refractivity contribution in [1.82, 2.24) is 15.0 Å². The second kappa shape index (κ2) is 6.62. The maximum Gasteiger partial charge on any atom is 0.271 e. The van der Waals surface area contributed by atoms with Gasteiger partial charge < -0.3 is 4.57 Å². The van der Waals surface area contributed by atoms with Gasteiger partial charge in [0.25, 0.3) is 5.91 Å². The Bertz CT molecular complexity index is 930. The maximum absolute atomic E-state index is 13.5. The number of imidazole rings is 1. The third-order valence-electron chi connectivity index (χ3n) is 3.79. The van der Waals surface area contributed by atoms with E-state index in [4.69, 9.17) is 0 Å². The predicted molar refractivity (Wildman–Crippen MR) is 91.6 cm³/mol. The van der Waals surface area contributed by atoms with Crippen LogP contribution in [0.2, 0.25) is 0 Å². The Balaban J connectivity index is 1.78. The van der Waals surface area contributed by atoms with Gasteiger partial charge in [0.1, 0.15) is 11.6 Å². The number of rotatable bonds is 4. The summed E-state index contributed by atoms with van der Waals surface area (Å²) in [6.07, 6.45) is 1.28. The van der Waals surface area contributed by atoms with Crippen LogP contribution in [0.25, 0.3) is 11.0 Å². The zero-order valence-electron chi connectivity index (χ0n) is 13.5. The Hall–Kier alpha value is -3.02. The van der Waals surface area contributed by atoms with Crippen molar-refractivity contribution in [2.75, 3.05) is 0 Å². The molecule has 5 nitrogen and oxygen atoms in total. The molecule has 1 heterocycles. The van der Waals surface area contributed by atoms with Gasteiger partial charge >= 0.3 is 0 Å². The summed E-state index contributed by atoms with van der Waals surface area (Å²) in [5.74, 6) is 0.147. The standard InChI is InChI=1S/C18H17FN4O/c1-3-23-12(2)21-16-10-13(8-9-17(16)23)18(24)22-20-11-14-6-4-5-7-15(14)19/h4-11H,3H2,1-2H3,(H,22,24)/b20-11-. The van der Waals surface area contributed by atoms with Crippen LogP contribution in [0.1, 0.15) is 28.7 Å². The molecule has 0 atom stereocenters. The van der Waals surface area contributed by atoms with Gasteiger partial charge in [-0.1, -0.05) is 18.2 Å². The molecule has 3 aromatic rings. The second-order valence-electron chi connectivity index (χ2n) is 5.33. The summed E-state index contributed by atoms with van der Waals surface area (Å²) in [7, 11) is 0. The normalized spacial score (nSPS) is 11.3. The largest absolute Gasteiger partial charge is 0.329 e. The Kier molecular flexibility index (Phi) is 4.37. The number of hydrogen-bond donors (Lipinski definition) is 1. The van der Waals surface area contributed by atoms with Gasteiger partial charge in [-0.05, 0) is 38.1 Å². The highest BCUT2D eigenvalue weighted by atomic mass is 19.1. The molecule has 0 unspecified atom stereocenters. The number of amides is 1. The first kappa shape index (κ1) is 15.9. The van der Waals surface area contributed by atoms with E-state index in [9.17, 15) is 9.18 Å².